The van der Waals surface area contributed by atoms with Crippen LogP contribution in [0.2, 0.25) is 5.02 Å². The van der Waals surface area contributed by atoms with E-state index in [-0.39, 0.29) is 21.2 Å². The quantitative estimate of drug-likeness (QED) is 0.799. The number of nitrogens with zero attached hydrogens (tertiary/aromatic N) is 1. The topological polar surface area (TPSA) is 101 Å². The average molecular weight is 279 g/mol. The van der Waals surface area contributed by atoms with Crippen molar-refractivity contribution in [3.05, 3.63) is 22.7 Å². The zero-order chi connectivity index (χ0) is 13.4. The number of sulfonamides is 1. The monoisotopic (exact) mass is 278 g/mol. The molecule has 0 saturated heterocycles. The van der Waals surface area contributed by atoms with Crippen LogP contribution in [0.25, 0.3) is 0 Å². The molecule has 0 radical (unpaired) electrons. The Balaban J connectivity index is 3.52. The maximum Gasteiger partial charge on any atom is 0.337 e. The summed E-state index contributed by atoms with van der Waals surface area (Å²) in [5, 5.41) is 8.52. The molecule has 0 bridgehead atoms. The first-order valence-electron chi connectivity index (χ1n) is 4.43. The Bertz CT molecular complexity index is 569. The number of hydrogen-bond donors (Lipinski definition) is 2. The summed E-state index contributed by atoms with van der Waals surface area (Å²) in [4.78, 5) is 10.6. The average Bonchev–Trinajstić information content (AvgIpc) is 2.20. The molecule has 0 aliphatic heterocycles. The summed E-state index contributed by atoms with van der Waals surface area (Å²) < 4.78 is 24.6. The predicted octanol–water partition coefficient (Wildman–Crippen LogP) is 0.871. The molecule has 17 heavy (non-hydrogen) atoms. The van der Waals surface area contributed by atoms with Crippen LogP contribution in [0.3, 0.4) is 0 Å². The predicted molar refractivity (Wildman–Crippen MR) is 63.7 cm³/mol. The highest BCUT2D eigenvalue weighted by molar-refractivity contribution is 7.89. The van der Waals surface area contributed by atoms with Crippen LogP contribution in [0, 0.1) is 0 Å². The number of nitrogens with two attached hydrogens (primary N) is 1. The van der Waals surface area contributed by atoms with Crippen molar-refractivity contribution in [2.45, 2.75) is 4.90 Å². The van der Waals surface area contributed by atoms with E-state index in [4.69, 9.17) is 22.4 Å². The number of carbonyl (C=O) groups is 1. The minimum absolute atomic E-state index is 0.216. The molecular formula is C9H11ClN2O4S. The molecule has 0 aliphatic rings. The first-order valence-corrected chi connectivity index (χ1v) is 6.25. The molecule has 0 unspecified atom stereocenters. The Kier molecular flexibility index (Phi) is 3.65. The first kappa shape index (κ1) is 13.8. The molecule has 0 amide bonds. The maximum absolute atomic E-state index is 11.8. The van der Waals surface area contributed by atoms with Gasteiger partial charge in [0.15, 0.2) is 0 Å². The summed E-state index contributed by atoms with van der Waals surface area (Å²) >= 11 is 5.78. The van der Waals surface area contributed by atoms with Crippen LogP contribution in [-0.2, 0) is 10.0 Å². The van der Waals surface area contributed by atoms with Gasteiger partial charge in [-0.05, 0) is 12.1 Å². The van der Waals surface area contributed by atoms with Gasteiger partial charge in [-0.2, -0.15) is 0 Å². The second-order valence-electron chi connectivity index (χ2n) is 3.43. The number of nitrogen functional groups attached to an aromatic ring is 1. The minimum Gasteiger partial charge on any atom is -0.478 e. The molecule has 1 aromatic rings. The highest BCUT2D eigenvalue weighted by Gasteiger charge is 2.24. The molecule has 0 heterocycles. The molecular weight excluding hydrogens is 268 g/mol. The van der Waals surface area contributed by atoms with Gasteiger partial charge in [-0.25, -0.2) is 17.5 Å². The van der Waals surface area contributed by atoms with Crippen molar-refractivity contribution < 1.29 is 18.3 Å². The zero-order valence-corrected chi connectivity index (χ0v) is 10.7. The fourth-order valence-electron chi connectivity index (χ4n) is 1.16. The van der Waals surface area contributed by atoms with Gasteiger partial charge in [0.25, 0.3) is 0 Å². The van der Waals surface area contributed by atoms with Gasteiger partial charge in [-0.3, -0.25) is 0 Å². The molecule has 3 N–H and O–H groups in total. The lowest BCUT2D eigenvalue weighted by molar-refractivity contribution is 0.0698. The van der Waals surface area contributed by atoms with E-state index >= 15 is 0 Å². The van der Waals surface area contributed by atoms with Gasteiger partial charge < -0.3 is 10.8 Å². The second kappa shape index (κ2) is 4.52. The van der Waals surface area contributed by atoms with Crippen molar-refractivity contribution in [2.24, 2.45) is 0 Å². The molecule has 0 atom stereocenters. The molecule has 1 rings (SSSR count). The summed E-state index contributed by atoms with van der Waals surface area (Å²) in [7, 11) is -1.06. The van der Waals surface area contributed by atoms with E-state index in [0.29, 0.717) is 0 Å². The molecule has 94 valence electrons. The van der Waals surface area contributed by atoms with Gasteiger partial charge in [-0.15, -0.1) is 0 Å². The summed E-state index contributed by atoms with van der Waals surface area (Å²) in [6, 6.07) is 2.23. The van der Waals surface area contributed by atoms with E-state index in [0.717, 1.165) is 16.4 Å². The van der Waals surface area contributed by atoms with Gasteiger partial charge >= 0.3 is 5.97 Å². The standard InChI is InChI=1S/C9H11ClN2O4S/c1-12(2)17(15,16)6-4-3-5(9(13)14)8(11)7(6)10/h3-4H,11H2,1-2H3,(H,13,14). The van der Waals surface area contributed by atoms with Gasteiger partial charge in [0.1, 0.15) is 4.90 Å². The van der Waals surface area contributed by atoms with Gasteiger partial charge in [0.05, 0.1) is 16.3 Å². The number of hydrogen-bond acceptors (Lipinski definition) is 4. The Labute approximate surface area is 104 Å². The van der Waals surface area contributed by atoms with Crippen LogP contribution in [0.1, 0.15) is 10.4 Å². The molecule has 0 spiro atoms. The minimum atomic E-state index is -3.74. The highest BCUT2D eigenvalue weighted by Crippen LogP contribution is 2.31. The highest BCUT2D eigenvalue weighted by atomic mass is 35.5. The normalized spacial score (nSPS) is 11.8. The number of aromatic carboxylic acids is 1. The number of rotatable bonds is 3. The second-order valence-corrected chi connectivity index (χ2v) is 5.93. The fourth-order valence-corrected chi connectivity index (χ4v) is 2.58. The largest absolute Gasteiger partial charge is 0.478 e. The molecule has 0 aromatic heterocycles. The Morgan fingerprint density at radius 1 is 1.41 bits per heavy atom. The Morgan fingerprint density at radius 2 is 1.94 bits per heavy atom. The number of benzene rings is 1. The van der Waals surface area contributed by atoms with E-state index in [2.05, 4.69) is 0 Å². The summed E-state index contributed by atoms with van der Waals surface area (Å²) in [6.45, 7) is 0. The molecule has 8 heteroatoms. The third-order valence-electron chi connectivity index (χ3n) is 2.13. The van der Waals surface area contributed by atoms with Gasteiger partial charge in [0.2, 0.25) is 10.0 Å². The lowest BCUT2D eigenvalue weighted by atomic mass is 10.2. The van der Waals surface area contributed by atoms with Crippen LogP contribution in [0.5, 0.6) is 0 Å². The van der Waals surface area contributed by atoms with Crippen molar-refractivity contribution in [2.75, 3.05) is 19.8 Å². The van der Waals surface area contributed by atoms with Gasteiger partial charge in [-0.1, -0.05) is 11.6 Å². The Hall–Kier alpha value is -1.31. The molecule has 0 saturated carbocycles. The van der Waals surface area contributed by atoms with Crippen LogP contribution >= 0.6 is 11.6 Å². The third-order valence-corrected chi connectivity index (χ3v) is 4.51. The van der Waals surface area contributed by atoms with Crippen molar-refractivity contribution in [1.29, 1.82) is 0 Å². The van der Waals surface area contributed by atoms with Crippen LogP contribution in [-0.4, -0.2) is 37.9 Å². The van der Waals surface area contributed by atoms with E-state index in [1.165, 1.54) is 14.1 Å². The van der Waals surface area contributed by atoms with Crippen molar-refractivity contribution in [3.8, 4) is 0 Å². The first-order chi connectivity index (χ1) is 7.69. The number of anilines is 1. The van der Waals surface area contributed by atoms with Crippen molar-refractivity contribution in [3.63, 3.8) is 0 Å². The smallest absolute Gasteiger partial charge is 0.337 e. The molecule has 0 aliphatic carbocycles. The van der Waals surface area contributed by atoms with E-state index in [1.807, 2.05) is 0 Å². The summed E-state index contributed by atoms with van der Waals surface area (Å²) in [5.74, 6) is -1.27. The van der Waals surface area contributed by atoms with E-state index in [9.17, 15) is 13.2 Å². The molecule has 6 nitrogen and oxygen atoms in total. The maximum atomic E-state index is 11.8. The number of halogens is 1. The Morgan fingerprint density at radius 3 is 2.35 bits per heavy atom. The van der Waals surface area contributed by atoms with E-state index < -0.39 is 16.0 Å². The molecule has 0 fully saturated rings. The van der Waals surface area contributed by atoms with Crippen LogP contribution in [0.4, 0.5) is 5.69 Å². The number of carboxylic acid groups (broad SMARTS) is 1. The SMILES string of the molecule is CN(C)S(=O)(=O)c1ccc(C(=O)O)c(N)c1Cl. The lowest BCUT2D eigenvalue weighted by Gasteiger charge is -2.14. The summed E-state index contributed by atoms with van der Waals surface area (Å²) in [6.07, 6.45) is 0. The molecule has 1 aromatic carbocycles. The van der Waals surface area contributed by atoms with Crippen molar-refractivity contribution in [1.82, 2.24) is 4.31 Å². The zero-order valence-electron chi connectivity index (χ0n) is 9.14. The summed E-state index contributed by atoms with van der Waals surface area (Å²) in [5.41, 5.74) is 4.99. The van der Waals surface area contributed by atoms with Crippen LogP contribution < -0.4 is 5.73 Å². The van der Waals surface area contributed by atoms with Crippen LogP contribution in [0.15, 0.2) is 17.0 Å². The lowest BCUT2D eigenvalue weighted by Crippen LogP contribution is -2.23. The third kappa shape index (κ3) is 2.36. The van der Waals surface area contributed by atoms with Crippen molar-refractivity contribution >= 4 is 33.3 Å². The van der Waals surface area contributed by atoms with E-state index in [1.54, 1.807) is 0 Å². The number of carboxylic acids is 1. The fraction of sp³-hybridized carbons (Fsp3) is 0.222. The van der Waals surface area contributed by atoms with Gasteiger partial charge in [0, 0.05) is 14.1 Å².